The second-order valence-electron chi connectivity index (χ2n) is 5.10. The number of benzene rings is 1. The molecule has 2 rings (SSSR count). The summed E-state index contributed by atoms with van der Waals surface area (Å²) >= 11 is 0. The first kappa shape index (κ1) is 15.8. The molecule has 1 unspecified atom stereocenters. The molecule has 0 saturated heterocycles. The van der Waals surface area contributed by atoms with E-state index in [9.17, 15) is 14.0 Å². The number of fused-ring (bicyclic) bond motifs is 1. The summed E-state index contributed by atoms with van der Waals surface area (Å²) in [5.41, 5.74) is 1.40. The van der Waals surface area contributed by atoms with Gasteiger partial charge in [0.2, 0.25) is 0 Å². The molecule has 0 saturated carbocycles. The number of hydrogen-bond donors (Lipinski definition) is 3. The molecule has 0 aliphatic heterocycles. The lowest BCUT2D eigenvalue weighted by Gasteiger charge is -2.12. The predicted molar refractivity (Wildman–Crippen MR) is 81.3 cm³/mol. The van der Waals surface area contributed by atoms with Crippen LogP contribution in [0.15, 0.2) is 30.9 Å². The first-order chi connectivity index (χ1) is 10.4. The fourth-order valence-electron chi connectivity index (χ4n) is 2.28. The molecular formula is C16H17FN2O3. The lowest BCUT2D eigenvalue weighted by atomic mass is 10.1. The van der Waals surface area contributed by atoms with Gasteiger partial charge in [0.25, 0.3) is 5.91 Å². The van der Waals surface area contributed by atoms with Crippen molar-refractivity contribution in [3.8, 4) is 0 Å². The summed E-state index contributed by atoms with van der Waals surface area (Å²) < 4.78 is 13.4. The van der Waals surface area contributed by atoms with Crippen LogP contribution in [0.3, 0.4) is 0 Å². The van der Waals surface area contributed by atoms with E-state index in [4.69, 9.17) is 5.11 Å². The van der Waals surface area contributed by atoms with E-state index in [-0.39, 0.29) is 12.1 Å². The molecule has 1 aromatic carbocycles. The molecule has 0 aliphatic carbocycles. The fraction of sp³-hybridized carbons (Fsp3) is 0.250. The maximum atomic E-state index is 13.4. The number of allylic oxidation sites excluding steroid dienone is 1. The average Bonchev–Trinajstić information content (AvgIpc) is 2.87. The van der Waals surface area contributed by atoms with Gasteiger partial charge in [-0.1, -0.05) is 6.08 Å². The highest BCUT2D eigenvalue weighted by molar-refractivity contribution is 6.00. The van der Waals surface area contributed by atoms with E-state index in [0.29, 0.717) is 17.5 Å². The number of aromatic amines is 1. The topological polar surface area (TPSA) is 82.2 Å². The van der Waals surface area contributed by atoms with Gasteiger partial charge >= 0.3 is 5.97 Å². The van der Waals surface area contributed by atoms with Crippen LogP contribution in [0.1, 0.15) is 28.9 Å². The van der Waals surface area contributed by atoms with Crippen LogP contribution >= 0.6 is 0 Å². The Morgan fingerprint density at radius 1 is 1.45 bits per heavy atom. The predicted octanol–water partition coefficient (Wildman–Crippen LogP) is 2.76. The smallest absolute Gasteiger partial charge is 0.326 e. The zero-order valence-corrected chi connectivity index (χ0v) is 12.1. The van der Waals surface area contributed by atoms with E-state index in [1.54, 1.807) is 19.1 Å². The molecule has 22 heavy (non-hydrogen) atoms. The van der Waals surface area contributed by atoms with E-state index < -0.39 is 23.7 Å². The van der Waals surface area contributed by atoms with Crippen LogP contribution in [0.5, 0.6) is 0 Å². The average molecular weight is 304 g/mol. The molecule has 5 nitrogen and oxygen atoms in total. The minimum absolute atomic E-state index is 0.202. The van der Waals surface area contributed by atoms with Crippen molar-refractivity contribution < 1.29 is 19.1 Å². The molecule has 0 spiro atoms. The van der Waals surface area contributed by atoms with Crippen LogP contribution in [-0.4, -0.2) is 28.0 Å². The molecule has 1 atom stereocenters. The van der Waals surface area contributed by atoms with E-state index >= 15 is 0 Å². The van der Waals surface area contributed by atoms with Gasteiger partial charge in [0.1, 0.15) is 17.6 Å². The molecule has 0 fully saturated rings. The summed E-state index contributed by atoms with van der Waals surface area (Å²) in [7, 11) is 0. The van der Waals surface area contributed by atoms with E-state index in [2.05, 4.69) is 16.9 Å². The molecule has 1 aromatic heterocycles. The second-order valence-corrected chi connectivity index (χ2v) is 5.10. The molecule has 0 radical (unpaired) electrons. The van der Waals surface area contributed by atoms with Gasteiger partial charge in [0, 0.05) is 10.9 Å². The molecule has 2 aromatic rings. The van der Waals surface area contributed by atoms with Crippen molar-refractivity contribution in [2.75, 3.05) is 0 Å². The minimum atomic E-state index is -1.10. The standard InChI is InChI=1S/C16H17FN2O3/c1-3-4-5-12(16(21)22)19-15(20)14-8-11-9(2)6-10(17)7-13(11)18-14/h3,6-8,12,18H,1,4-5H2,2H3,(H,19,20)(H,21,22). The molecular weight excluding hydrogens is 287 g/mol. The third-order valence-electron chi connectivity index (χ3n) is 3.42. The number of aryl methyl sites for hydroxylation is 1. The van der Waals surface area contributed by atoms with Crippen LogP contribution in [0.2, 0.25) is 0 Å². The van der Waals surface area contributed by atoms with Crippen LogP contribution < -0.4 is 5.32 Å². The van der Waals surface area contributed by atoms with E-state index in [1.807, 2.05) is 0 Å². The number of aromatic nitrogens is 1. The number of carbonyl (C=O) groups excluding carboxylic acids is 1. The van der Waals surface area contributed by atoms with Gasteiger partial charge in [-0.25, -0.2) is 9.18 Å². The highest BCUT2D eigenvalue weighted by Crippen LogP contribution is 2.21. The Bertz CT molecular complexity index is 736. The molecule has 0 aliphatic rings. The van der Waals surface area contributed by atoms with Gasteiger partial charge in [-0.15, -0.1) is 6.58 Å². The zero-order valence-electron chi connectivity index (χ0n) is 12.1. The molecule has 3 N–H and O–H groups in total. The van der Waals surface area contributed by atoms with Crippen molar-refractivity contribution in [3.05, 3.63) is 47.9 Å². The maximum Gasteiger partial charge on any atom is 0.326 e. The highest BCUT2D eigenvalue weighted by Gasteiger charge is 2.21. The number of halogens is 1. The Hall–Kier alpha value is -2.63. The zero-order chi connectivity index (χ0) is 16.3. The van der Waals surface area contributed by atoms with Crippen LogP contribution in [0.25, 0.3) is 10.9 Å². The van der Waals surface area contributed by atoms with Gasteiger partial charge in [0.05, 0.1) is 0 Å². The summed E-state index contributed by atoms with van der Waals surface area (Å²) in [6.45, 7) is 5.27. The van der Waals surface area contributed by atoms with E-state index in [0.717, 1.165) is 5.39 Å². The van der Waals surface area contributed by atoms with Gasteiger partial charge < -0.3 is 15.4 Å². The Morgan fingerprint density at radius 3 is 2.82 bits per heavy atom. The lowest BCUT2D eigenvalue weighted by molar-refractivity contribution is -0.139. The summed E-state index contributed by atoms with van der Waals surface area (Å²) in [5, 5.41) is 12.3. The maximum absolute atomic E-state index is 13.4. The van der Waals surface area contributed by atoms with Gasteiger partial charge in [0.15, 0.2) is 0 Å². The molecule has 1 heterocycles. The van der Waals surface area contributed by atoms with Gasteiger partial charge in [-0.2, -0.15) is 0 Å². The monoisotopic (exact) mass is 304 g/mol. The number of nitrogens with one attached hydrogen (secondary N) is 2. The van der Waals surface area contributed by atoms with Gasteiger partial charge in [-0.3, -0.25) is 4.79 Å². The summed E-state index contributed by atoms with van der Waals surface area (Å²) in [6.07, 6.45) is 2.34. The van der Waals surface area contributed by atoms with Crippen molar-refractivity contribution in [2.24, 2.45) is 0 Å². The van der Waals surface area contributed by atoms with Crippen molar-refractivity contribution >= 4 is 22.8 Å². The van der Waals surface area contributed by atoms with Crippen molar-refractivity contribution in [1.29, 1.82) is 0 Å². The Balaban J connectivity index is 2.23. The largest absolute Gasteiger partial charge is 0.480 e. The normalized spacial score (nSPS) is 12.1. The number of carboxylic acid groups (broad SMARTS) is 1. The first-order valence-electron chi connectivity index (χ1n) is 6.85. The number of rotatable bonds is 6. The van der Waals surface area contributed by atoms with Crippen molar-refractivity contribution in [2.45, 2.75) is 25.8 Å². The lowest BCUT2D eigenvalue weighted by Crippen LogP contribution is -2.40. The number of amides is 1. The SMILES string of the molecule is C=CCCC(NC(=O)c1cc2c(C)cc(F)cc2[nH]1)C(=O)O. The quantitative estimate of drug-likeness (QED) is 0.718. The van der Waals surface area contributed by atoms with Crippen molar-refractivity contribution in [3.63, 3.8) is 0 Å². The highest BCUT2D eigenvalue weighted by atomic mass is 19.1. The van der Waals surface area contributed by atoms with Crippen molar-refractivity contribution in [1.82, 2.24) is 10.3 Å². The molecule has 116 valence electrons. The first-order valence-corrected chi connectivity index (χ1v) is 6.85. The van der Waals surface area contributed by atoms with Crippen LogP contribution in [-0.2, 0) is 4.79 Å². The Labute approximate surface area is 126 Å². The Morgan fingerprint density at radius 2 is 2.18 bits per heavy atom. The Kier molecular flexibility index (Phi) is 4.60. The van der Waals surface area contributed by atoms with E-state index in [1.165, 1.54) is 12.1 Å². The third kappa shape index (κ3) is 3.33. The van der Waals surface area contributed by atoms with Gasteiger partial charge in [-0.05, 0) is 43.5 Å². The second kappa shape index (κ2) is 6.43. The fourth-order valence-corrected chi connectivity index (χ4v) is 2.28. The third-order valence-corrected chi connectivity index (χ3v) is 3.42. The molecule has 6 heteroatoms. The number of aliphatic carboxylic acids is 1. The molecule has 0 bridgehead atoms. The van der Waals surface area contributed by atoms with Crippen LogP contribution in [0, 0.1) is 12.7 Å². The number of H-pyrrole nitrogens is 1. The summed E-state index contributed by atoms with van der Waals surface area (Å²) in [5.74, 6) is -2.03. The summed E-state index contributed by atoms with van der Waals surface area (Å²) in [6, 6.07) is 3.27. The summed E-state index contributed by atoms with van der Waals surface area (Å²) in [4.78, 5) is 26.1. The van der Waals surface area contributed by atoms with Crippen LogP contribution in [0.4, 0.5) is 4.39 Å². The molecule has 1 amide bonds. The number of hydrogen-bond acceptors (Lipinski definition) is 2. The number of carboxylic acids is 1. The minimum Gasteiger partial charge on any atom is -0.480 e. The number of carbonyl (C=O) groups is 2.